The Hall–Kier alpha value is -2.59. The molecule has 0 fully saturated rings. The van der Waals surface area contributed by atoms with Gasteiger partial charge in [-0.1, -0.05) is 73.3 Å². The molecule has 0 spiro atoms. The number of benzene rings is 2. The van der Waals surface area contributed by atoms with E-state index in [1.807, 2.05) is 29.2 Å². The van der Waals surface area contributed by atoms with Gasteiger partial charge in [0.05, 0.1) is 10.8 Å². The lowest BCUT2D eigenvalue weighted by Gasteiger charge is -2.51. The summed E-state index contributed by atoms with van der Waals surface area (Å²) in [6, 6.07) is 24.8. The lowest BCUT2D eigenvalue weighted by molar-refractivity contribution is -0.117. The van der Waals surface area contributed by atoms with Crippen molar-refractivity contribution in [3.8, 4) is 0 Å². The molecule has 0 unspecified atom stereocenters. The second kappa shape index (κ2) is 7.68. The van der Waals surface area contributed by atoms with Crippen molar-refractivity contribution >= 4 is 23.4 Å². The summed E-state index contributed by atoms with van der Waals surface area (Å²) in [6.07, 6.45) is 2.62. The maximum Gasteiger partial charge on any atom is 0.237 e. The molecule has 0 saturated carbocycles. The fourth-order valence-corrected chi connectivity index (χ4v) is 5.38. The molecule has 148 valence electrons. The first kappa shape index (κ1) is 19.7. The van der Waals surface area contributed by atoms with E-state index in [2.05, 4.69) is 74.3 Å². The molecule has 3 nitrogen and oxygen atoms in total. The van der Waals surface area contributed by atoms with Crippen LogP contribution in [0, 0.1) is 0 Å². The molecule has 1 aromatic heterocycles. The number of hydrogen-bond donors (Lipinski definition) is 0. The first-order chi connectivity index (χ1) is 13.9. The zero-order chi connectivity index (χ0) is 20.5. The van der Waals surface area contributed by atoms with E-state index in [0.717, 1.165) is 17.1 Å². The molecule has 0 radical (unpaired) electrons. The maximum atomic E-state index is 13.4. The van der Waals surface area contributed by atoms with Crippen molar-refractivity contribution < 1.29 is 4.79 Å². The normalized spacial score (nSPS) is 20.2. The minimum absolute atomic E-state index is 0.119. The number of fused-ring (bicyclic) bond motifs is 1. The van der Waals surface area contributed by atoms with Crippen LogP contribution < -0.4 is 4.90 Å². The van der Waals surface area contributed by atoms with Gasteiger partial charge in [0.15, 0.2) is 0 Å². The summed E-state index contributed by atoms with van der Waals surface area (Å²) in [7, 11) is 0. The number of amides is 1. The van der Waals surface area contributed by atoms with E-state index in [0.29, 0.717) is 5.75 Å². The highest BCUT2D eigenvalue weighted by Crippen LogP contribution is 2.50. The molecular weight excluding hydrogens is 376 g/mol. The Bertz CT molecular complexity index is 1000. The van der Waals surface area contributed by atoms with Crippen molar-refractivity contribution in [2.24, 2.45) is 0 Å². The number of nitrogens with zero attached hydrogens (tertiary/aromatic N) is 2. The van der Waals surface area contributed by atoms with Gasteiger partial charge in [-0.3, -0.25) is 4.79 Å². The fraction of sp³-hybridized carbons (Fsp3) is 0.280. The van der Waals surface area contributed by atoms with Gasteiger partial charge in [-0.25, -0.2) is 4.98 Å². The van der Waals surface area contributed by atoms with Gasteiger partial charge >= 0.3 is 0 Å². The third kappa shape index (κ3) is 3.69. The number of rotatable bonds is 4. The molecule has 2 aromatic carbocycles. The quantitative estimate of drug-likeness (QED) is 0.525. The smallest absolute Gasteiger partial charge is 0.237 e. The fourth-order valence-electron chi connectivity index (χ4n) is 4.67. The van der Waals surface area contributed by atoms with Crippen molar-refractivity contribution in [1.82, 2.24) is 4.98 Å². The zero-order valence-electron chi connectivity index (χ0n) is 17.1. The first-order valence-corrected chi connectivity index (χ1v) is 10.9. The largest absolute Gasteiger partial charge is 0.306 e. The van der Waals surface area contributed by atoms with Gasteiger partial charge in [-0.05, 0) is 49.6 Å². The lowest BCUT2D eigenvalue weighted by Crippen LogP contribution is -2.56. The van der Waals surface area contributed by atoms with Crippen molar-refractivity contribution in [2.75, 3.05) is 10.7 Å². The van der Waals surface area contributed by atoms with Crippen LogP contribution in [0.1, 0.15) is 38.3 Å². The Kier molecular flexibility index (Phi) is 5.22. The van der Waals surface area contributed by atoms with Gasteiger partial charge in [-0.2, -0.15) is 0 Å². The predicted octanol–water partition coefficient (Wildman–Crippen LogP) is 5.70. The van der Waals surface area contributed by atoms with Gasteiger partial charge in [0.25, 0.3) is 0 Å². The van der Waals surface area contributed by atoms with E-state index < -0.39 is 0 Å². The van der Waals surface area contributed by atoms with Crippen LogP contribution in [0.3, 0.4) is 0 Å². The average Bonchev–Trinajstić information content (AvgIpc) is 2.73. The van der Waals surface area contributed by atoms with Crippen LogP contribution in [0.25, 0.3) is 0 Å². The number of thioether (sulfide) groups is 1. The summed E-state index contributed by atoms with van der Waals surface area (Å²) < 4.78 is 0. The summed E-state index contributed by atoms with van der Waals surface area (Å²) in [5, 5.41) is 0.873. The number of anilines is 1. The van der Waals surface area contributed by atoms with E-state index in [-0.39, 0.29) is 16.9 Å². The Morgan fingerprint density at radius 2 is 1.66 bits per heavy atom. The number of carbonyl (C=O) groups is 1. The van der Waals surface area contributed by atoms with E-state index in [1.54, 1.807) is 6.20 Å². The van der Waals surface area contributed by atoms with Crippen LogP contribution in [-0.4, -0.2) is 22.2 Å². The number of hydrogen-bond acceptors (Lipinski definition) is 3. The SMILES string of the molecule is CC1(C)C[C@@](C)(c2ccccc2)c2ccccc2N1C(=O)CSc1ccccn1. The monoisotopic (exact) mass is 402 g/mol. The van der Waals surface area contributed by atoms with Crippen LogP contribution in [-0.2, 0) is 10.2 Å². The van der Waals surface area contributed by atoms with Crippen LogP contribution in [0.15, 0.2) is 84.0 Å². The molecule has 1 amide bonds. The molecule has 0 N–H and O–H groups in total. The van der Waals surface area contributed by atoms with Crippen LogP contribution in [0.5, 0.6) is 0 Å². The van der Waals surface area contributed by atoms with Crippen molar-refractivity contribution in [3.05, 3.63) is 90.1 Å². The van der Waals surface area contributed by atoms with Crippen LogP contribution in [0.4, 0.5) is 5.69 Å². The second-order valence-electron chi connectivity index (χ2n) is 8.39. The molecule has 1 aliphatic rings. The summed E-state index contributed by atoms with van der Waals surface area (Å²) in [5.41, 5.74) is 3.06. The third-order valence-corrected chi connectivity index (χ3v) is 6.70. The highest BCUT2D eigenvalue weighted by molar-refractivity contribution is 7.99. The highest BCUT2D eigenvalue weighted by atomic mass is 32.2. The Morgan fingerprint density at radius 3 is 2.38 bits per heavy atom. The van der Waals surface area contributed by atoms with E-state index >= 15 is 0 Å². The van der Waals surface area contributed by atoms with Gasteiger partial charge in [-0.15, -0.1) is 0 Å². The predicted molar refractivity (Wildman–Crippen MR) is 120 cm³/mol. The number of carbonyl (C=O) groups excluding carboxylic acids is 1. The van der Waals surface area contributed by atoms with E-state index in [4.69, 9.17) is 0 Å². The number of pyridine rings is 1. The molecule has 2 heterocycles. The number of aromatic nitrogens is 1. The maximum absolute atomic E-state index is 13.4. The van der Waals surface area contributed by atoms with E-state index in [1.165, 1.54) is 22.9 Å². The van der Waals surface area contributed by atoms with Crippen molar-refractivity contribution in [1.29, 1.82) is 0 Å². The summed E-state index contributed by atoms with van der Waals surface area (Å²) >= 11 is 1.49. The summed E-state index contributed by atoms with van der Waals surface area (Å²) in [4.78, 5) is 19.7. The van der Waals surface area contributed by atoms with Gasteiger partial charge in [0.1, 0.15) is 0 Å². The topological polar surface area (TPSA) is 33.2 Å². The summed E-state index contributed by atoms with van der Waals surface area (Å²) in [5.74, 6) is 0.491. The molecule has 0 bridgehead atoms. The molecule has 3 aromatic rings. The standard InChI is InChI=1S/C25H26N2OS/c1-24(2)18-25(3,19-11-5-4-6-12-19)20-13-7-8-14-21(20)27(24)23(28)17-29-22-15-9-10-16-26-22/h4-16H,17-18H2,1-3H3/t25-/m0/s1. The molecule has 4 rings (SSSR count). The molecule has 29 heavy (non-hydrogen) atoms. The average molecular weight is 403 g/mol. The second-order valence-corrected chi connectivity index (χ2v) is 9.39. The molecule has 1 aliphatic heterocycles. The summed E-state index contributed by atoms with van der Waals surface area (Å²) in [6.45, 7) is 6.65. The molecular formula is C25H26N2OS. The minimum Gasteiger partial charge on any atom is -0.306 e. The highest BCUT2D eigenvalue weighted by Gasteiger charge is 2.47. The molecule has 1 atom stereocenters. The van der Waals surface area contributed by atoms with E-state index in [9.17, 15) is 4.79 Å². The third-order valence-electron chi connectivity index (χ3n) is 5.77. The zero-order valence-corrected chi connectivity index (χ0v) is 17.9. The first-order valence-electron chi connectivity index (χ1n) is 9.94. The number of para-hydroxylation sites is 1. The van der Waals surface area contributed by atoms with Gasteiger partial charge < -0.3 is 4.90 Å². The minimum atomic E-state index is -0.305. The molecule has 0 aliphatic carbocycles. The Balaban J connectivity index is 1.71. The van der Waals surface area contributed by atoms with Crippen molar-refractivity contribution in [2.45, 2.75) is 43.2 Å². The van der Waals surface area contributed by atoms with Crippen LogP contribution >= 0.6 is 11.8 Å². The van der Waals surface area contributed by atoms with Gasteiger partial charge in [0.2, 0.25) is 5.91 Å². The Labute approximate surface area is 177 Å². The lowest BCUT2D eigenvalue weighted by atomic mass is 9.65. The van der Waals surface area contributed by atoms with Crippen LogP contribution in [0.2, 0.25) is 0 Å². The Morgan fingerprint density at radius 1 is 0.966 bits per heavy atom. The molecule has 0 saturated heterocycles. The molecule has 4 heteroatoms. The van der Waals surface area contributed by atoms with Gasteiger partial charge in [0, 0.05) is 22.8 Å². The van der Waals surface area contributed by atoms with Crippen molar-refractivity contribution in [3.63, 3.8) is 0 Å².